The van der Waals surface area contributed by atoms with Gasteiger partial charge < -0.3 is 14.7 Å². The number of hydrogen-bond acceptors (Lipinski definition) is 3. The third-order valence-electron chi connectivity index (χ3n) is 4.37. The zero-order chi connectivity index (χ0) is 17.1. The normalized spacial score (nSPS) is 14.6. The molecule has 0 aromatic heterocycles. The van der Waals surface area contributed by atoms with E-state index in [1.807, 2.05) is 31.1 Å². The molecular weight excluding hydrogens is 322 g/mol. The van der Waals surface area contributed by atoms with Crippen molar-refractivity contribution >= 4 is 28.9 Å². The van der Waals surface area contributed by atoms with E-state index < -0.39 is 0 Å². The van der Waals surface area contributed by atoms with Gasteiger partial charge in [-0.15, -0.1) is 0 Å². The fraction of sp³-hybridized carbons (Fsp3) is 0.316. The maximum Gasteiger partial charge on any atom is 0.254 e. The molecule has 0 spiro atoms. The molecule has 5 heteroatoms. The molecule has 126 valence electrons. The van der Waals surface area contributed by atoms with E-state index in [0.29, 0.717) is 10.6 Å². The van der Waals surface area contributed by atoms with Gasteiger partial charge in [0, 0.05) is 62.2 Å². The number of rotatable bonds is 3. The van der Waals surface area contributed by atoms with E-state index in [-0.39, 0.29) is 5.91 Å². The van der Waals surface area contributed by atoms with Crippen LogP contribution >= 0.6 is 11.6 Å². The van der Waals surface area contributed by atoms with Crippen molar-refractivity contribution in [2.75, 3.05) is 50.1 Å². The van der Waals surface area contributed by atoms with Gasteiger partial charge in [0.05, 0.1) is 0 Å². The van der Waals surface area contributed by atoms with Crippen LogP contribution in [0.1, 0.15) is 10.4 Å². The molecule has 2 aromatic carbocycles. The lowest BCUT2D eigenvalue weighted by atomic mass is 10.1. The van der Waals surface area contributed by atoms with Crippen LogP contribution in [0, 0.1) is 0 Å². The third-order valence-corrected chi connectivity index (χ3v) is 4.60. The molecule has 0 atom stereocenters. The van der Waals surface area contributed by atoms with Crippen molar-refractivity contribution in [3.63, 3.8) is 0 Å². The lowest BCUT2D eigenvalue weighted by Crippen LogP contribution is -2.48. The number of halogens is 1. The zero-order valence-electron chi connectivity index (χ0n) is 14.1. The maximum atomic E-state index is 12.6. The number of nitrogens with zero attached hydrogens (tertiary/aromatic N) is 3. The minimum Gasteiger partial charge on any atom is -0.378 e. The lowest BCUT2D eigenvalue weighted by Gasteiger charge is -2.36. The number of amides is 1. The van der Waals surface area contributed by atoms with Crippen LogP contribution in [0.5, 0.6) is 0 Å². The highest BCUT2D eigenvalue weighted by molar-refractivity contribution is 6.30. The summed E-state index contributed by atoms with van der Waals surface area (Å²) in [6, 6.07) is 15.7. The van der Waals surface area contributed by atoms with E-state index >= 15 is 0 Å². The van der Waals surface area contributed by atoms with Crippen LogP contribution in [-0.4, -0.2) is 51.1 Å². The first kappa shape index (κ1) is 16.7. The monoisotopic (exact) mass is 343 g/mol. The van der Waals surface area contributed by atoms with Crippen LogP contribution in [-0.2, 0) is 0 Å². The van der Waals surface area contributed by atoms with Gasteiger partial charge in [0.15, 0.2) is 0 Å². The number of carbonyl (C=O) groups excluding carboxylic acids is 1. The van der Waals surface area contributed by atoms with Gasteiger partial charge in [0.25, 0.3) is 5.91 Å². The van der Waals surface area contributed by atoms with E-state index in [9.17, 15) is 4.79 Å². The number of piperazine rings is 1. The average molecular weight is 344 g/mol. The Morgan fingerprint density at radius 3 is 2.25 bits per heavy atom. The highest BCUT2D eigenvalue weighted by Crippen LogP contribution is 2.21. The van der Waals surface area contributed by atoms with Crippen molar-refractivity contribution in [3.05, 3.63) is 59.1 Å². The topological polar surface area (TPSA) is 26.8 Å². The van der Waals surface area contributed by atoms with E-state index in [1.165, 1.54) is 11.4 Å². The molecule has 0 radical (unpaired) electrons. The summed E-state index contributed by atoms with van der Waals surface area (Å²) in [7, 11) is 4.07. The first-order valence-electron chi connectivity index (χ1n) is 8.12. The first-order chi connectivity index (χ1) is 11.5. The zero-order valence-corrected chi connectivity index (χ0v) is 14.8. The second-order valence-electron chi connectivity index (χ2n) is 6.20. The molecule has 0 bridgehead atoms. The summed E-state index contributed by atoms with van der Waals surface area (Å²) in [5, 5.41) is 0.598. The Balaban J connectivity index is 1.62. The standard InChI is InChI=1S/C19H22ClN3O/c1-21(2)17-6-8-18(9-7-17)22-10-12-23(13-11-22)19(24)15-4-3-5-16(20)14-15/h3-9,14H,10-13H2,1-2H3. The molecule has 0 unspecified atom stereocenters. The minimum absolute atomic E-state index is 0.0557. The molecule has 24 heavy (non-hydrogen) atoms. The summed E-state index contributed by atoms with van der Waals surface area (Å²) in [5.41, 5.74) is 3.05. The van der Waals surface area contributed by atoms with Crippen molar-refractivity contribution in [3.8, 4) is 0 Å². The quantitative estimate of drug-likeness (QED) is 0.855. The van der Waals surface area contributed by atoms with Crippen molar-refractivity contribution < 1.29 is 4.79 Å². The highest BCUT2D eigenvalue weighted by Gasteiger charge is 2.22. The number of benzene rings is 2. The fourth-order valence-electron chi connectivity index (χ4n) is 2.93. The molecule has 1 heterocycles. The molecule has 0 aliphatic carbocycles. The molecule has 2 aromatic rings. The minimum atomic E-state index is 0.0557. The molecule has 0 saturated carbocycles. The Morgan fingerprint density at radius 1 is 1.00 bits per heavy atom. The second-order valence-corrected chi connectivity index (χ2v) is 6.64. The van der Waals surface area contributed by atoms with Gasteiger partial charge in [-0.25, -0.2) is 0 Å². The van der Waals surface area contributed by atoms with Crippen molar-refractivity contribution in [1.82, 2.24) is 4.90 Å². The molecule has 1 aliphatic rings. The van der Waals surface area contributed by atoms with Crippen LogP contribution in [0.2, 0.25) is 5.02 Å². The summed E-state index contributed by atoms with van der Waals surface area (Å²) in [6.07, 6.45) is 0. The fourth-order valence-corrected chi connectivity index (χ4v) is 3.12. The van der Waals surface area contributed by atoms with E-state index in [2.05, 4.69) is 34.1 Å². The molecule has 0 N–H and O–H groups in total. The largest absolute Gasteiger partial charge is 0.378 e. The van der Waals surface area contributed by atoms with Crippen LogP contribution < -0.4 is 9.80 Å². The van der Waals surface area contributed by atoms with E-state index in [1.54, 1.807) is 12.1 Å². The predicted molar refractivity (Wildman–Crippen MR) is 100 cm³/mol. The van der Waals surface area contributed by atoms with Crippen LogP contribution in [0.4, 0.5) is 11.4 Å². The predicted octanol–water partition coefficient (Wildman–Crippen LogP) is 3.37. The van der Waals surface area contributed by atoms with Gasteiger partial charge in [0.2, 0.25) is 0 Å². The van der Waals surface area contributed by atoms with Gasteiger partial charge in [-0.1, -0.05) is 17.7 Å². The Kier molecular flexibility index (Phi) is 4.95. The molecule has 4 nitrogen and oxygen atoms in total. The number of anilines is 2. The summed E-state index contributed by atoms with van der Waals surface area (Å²) in [4.78, 5) is 18.9. The van der Waals surface area contributed by atoms with Crippen molar-refractivity contribution in [1.29, 1.82) is 0 Å². The van der Waals surface area contributed by atoms with Crippen LogP contribution in [0.3, 0.4) is 0 Å². The maximum absolute atomic E-state index is 12.6. The SMILES string of the molecule is CN(C)c1ccc(N2CCN(C(=O)c3cccc(Cl)c3)CC2)cc1. The summed E-state index contributed by atoms with van der Waals surface area (Å²) >= 11 is 5.98. The summed E-state index contributed by atoms with van der Waals surface area (Å²) in [6.45, 7) is 3.13. The van der Waals surface area contributed by atoms with Crippen LogP contribution in [0.25, 0.3) is 0 Å². The van der Waals surface area contributed by atoms with E-state index in [4.69, 9.17) is 11.6 Å². The van der Waals surface area contributed by atoms with Crippen LogP contribution in [0.15, 0.2) is 48.5 Å². The molecule has 3 rings (SSSR count). The second kappa shape index (κ2) is 7.14. The smallest absolute Gasteiger partial charge is 0.254 e. The Hall–Kier alpha value is -2.20. The van der Waals surface area contributed by atoms with Gasteiger partial charge in [0.1, 0.15) is 0 Å². The molecule has 1 amide bonds. The summed E-state index contributed by atoms with van der Waals surface area (Å²) < 4.78 is 0. The molecule has 1 fully saturated rings. The van der Waals surface area contributed by atoms with Crippen molar-refractivity contribution in [2.45, 2.75) is 0 Å². The van der Waals surface area contributed by atoms with Gasteiger partial charge in [-0.2, -0.15) is 0 Å². The first-order valence-corrected chi connectivity index (χ1v) is 8.49. The Morgan fingerprint density at radius 2 is 1.67 bits per heavy atom. The average Bonchev–Trinajstić information content (AvgIpc) is 2.61. The molecule has 1 aliphatic heterocycles. The number of hydrogen-bond donors (Lipinski definition) is 0. The van der Waals surface area contributed by atoms with Gasteiger partial charge in [-0.05, 0) is 42.5 Å². The lowest BCUT2D eigenvalue weighted by molar-refractivity contribution is 0.0747. The van der Waals surface area contributed by atoms with Crippen molar-refractivity contribution in [2.24, 2.45) is 0 Å². The third kappa shape index (κ3) is 3.65. The Bertz CT molecular complexity index is 707. The Labute approximate surface area is 148 Å². The van der Waals surface area contributed by atoms with E-state index in [0.717, 1.165) is 26.2 Å². The molecule has 1 saturated heterocycles. The van der Waals surface area contributed by atoms with Gasteiger partial charge >= 0.3 is 0 Å². The molecular formula is C19H22ClN3O. The van der Waals surface area contributed by atoms with Gasteiger partial charge in [-0.3, -0.25) is 4.79 Å². The number of carbonyl (C=O) groups is 1. The highest BCUT2D eigenvalue weighted by atomic mass is 35.5. The summed E-state index contributed by atoms with van der Waals surface area (Å²) in [5.74, 6) is 0.0557.